The van der Waals surface area contributed by atoms with E-state index in [0.717, 1.165) is 30.0 Å². The zero-order chi connectivity index (χ0) is 15.6. The average Bonchev–Trinajstić information content (AvgIpc) is 3.38. The summed E-state index contributed by atoms with van der Waals surface area (Å²) in [5.74, 6) is 1.44. The summed E-state index contributed by atoms with van der Waals surface area (Å²) in [6, 6.07) is 12.0. The van der Waals surface area contributed by atoms with Crippen LogP contribution in [0, 0.1) is 5.92 Å². The summed E-state index contributed by atoms with van der Waals surface area (Å²) in [6.45, 7) is 1.34. The number of hydrogen-bond donors (Lipinski definition) is 1. The van der Waals surface area contributed by atoms with Crippen LogP contribution in [0.2, 0.25) is 0 Å². The highest BCUT2D eigenvalue weighted by atomic mass is 16.5. The maximum atomic E-state index is 12.5. The lowest BCUT2D eigenvalue weighted by Crippen LogP contribution is -2.29. The smallest absolute Gasteiger partial charge is 0.228 e. The number of carbonyl (C=O) groups is 1. The lowest BCUT2D eigenvalue weighted by molar-refractivity contribution is -0.122. The molecule has 1 aliphatic carbocycles. The molecule has 0 atom stereocenters. The molecule has 2 aromatic rings. The third-order valence-electron chi connectivity index (χ3n) is 4.57. The Balaban J connectivity index is 1.60. The molecule has 1 aromatic heterocycles. The second kappa shape index (κ2) is 6.16. The number of nitrogens with zero attached hydrogens (tertiary/aromatic N) is 2. The van der Waals surface area contributed by atoms with Gasteiger partial charge < -0.3 is 10.1 Å². The number of anilines is 1. The predicted octanol–water partition coefficient (Wildman–Crippen LogP) is 3.11. The molecule has 5 nitrogen and oxygen atoms in total. The van der Waals surface area contributed by atoms with Crippen LogP contribution < -0.4 is 5.32 Å². The van der Waals surface area contributed by atoms with Gasteiger partial charge in [0.1, 0.15) is 5.82 Å². The van der Waals surface area contributed by atoms with Gasteiger partial charge in [-0.15, -0.1) is 0 Å². The van der Waals surface area contributed by atoms with Crippen LogP contribution in [0.3, 0.4) is 0 Å². The van der Waals surface area contributed by atoms with Crippen molar-refractivity contribution in [2.24, 2.45) is 5.92 Å². The molecular weight excluding hydrogens is 290 g/mol. The summed E-state index contributed by atoms with van der Waals surface area (Å²) >= 11 is 0. The number of hydrogen-bond acceptors (Lipinski definition) is 3. The van der Waals surface area contributed by atoms with Crippen molar-refractivity contribution >= 4 is 11.7 Å². The van der Waals surface area contributed by atoms with Crippen LogP contribution >= 0.6 is 0 Å². The number of amides is 1. The van der Waals surface area contributed by atoms with Crippen LogP contribution in [0.15, 0.2) is 36.4 Å². The first-order chi connectivity index (χ1) is 11.3. The Morgan fingerprint density at radius 2 is 1.87 bits per heavy atom. The molecule has 23 heavy (non-hydrogen) atoms. The molecule has 2 fully saturated rings. The van der Waals surface area contributed by atoms with Crippen molar-refractivity contribution in [1.29, 1.82) is 0 Å². The van der Waals surface area contributed by atoms with Gasteiger partial charge in [0.05, 0.1) is 11.4 Å². The van der Waals surface area contributed by atoms with Gasteiger partial charge in [0, 0.05) is 31.1 Å². The van der Waals surface area contributed by atoms with E-state index >= 15 is 0 Å². The maximum absolute atomic E-state index is 12.5. The molecule has 1 saturated carbocycles. The molecule has 1 amide bonds. The minimum Gasteiger partial charge on any atom is -0.381 e. The predicted molar refractivity (Wildman–Crippen MR) is 87.7 cm³/mol. The minimum absolute atomic E-state index is 0.0345. The van der Waals surface area contributed by atoms with E-state index in [2.05, 4.69) is 5.32 Å². The first-order valence-electron chi connectivity index (χ1n) is 8.35. The molecule has 0 bridgehead atoms. The van der Waals surface area contributed by atoms with Crippen LogP contribution in [0.4, 0.5) is 5.82 Å². The second-order valence-electron chi connectivity index (χ2n) is 6.35. The second-order valence-corrected chi connectivity index (χ2v) is 6.35. The van der Waals surface area contributed by atoms with E-state index in [0.29, 0.717) is 19.1 Å². The van der Waals surface area contributed by atoms with E-state index in [1.165, 1.54) is 12.8 Å². The number of rotatable bonds is 4. The van der Waals surface area contributed by atoms with Gasteiger partial charge in [-0.1, -0.05) is 18.2 Å². The number of nitrogens with one attached hydrogen (secondary N) is 1. The lowest BCUT2D eigenvalue weighted by atomic mass is 9.99. The van der Waals surface area contributed by atoms with Crippen molar-refractivity contribution in [3.63, 3.8) is 0 Å². The third-order valence-corrected chi connectivity index (χ3v) is 4.57. The highest BCUT2D eigenvalue weighted by Crippen LogP contribution is 2.40. The van der Waals surface area contributed by atoms with Gasteiger partial charge in [0.15, 0.2) is 0 Å². The Labute approximate surface area is 135 Å². The summed E-state index contributed by atoms with van der Waals surface area (Å²) in [7, 11) is 0. The Bertz CT molecular complexity index is 686. The van der Waals surface area contributed by atoms with Crippen molar-refractivity contribution in [1.82, 2.24) is 9.78 Å². The quantitative estimate of drug-likeness (QED) is 0.944. The molecule has 5 heteroatoms. The average molecular weight is 311 g/mol. The Morgan fingerprint density at radius 3 is 2.57 bits per heavy atom. The van der Waals surface area contributed by atoms with E-state index in [9.17, 15) is 4.79 Å². The largest absolute Gasteiger partial charge is 0.381 e. The Morgan fingerprint density at radius 1 is 1.13 bits per heavy atom. The number of ether oxygens (including phenoxy) is 1. The SMILES string of the molecule is O=C(Nc1cc(C2CC2)nn1-c1ccccc1)C1CCOCC1. The first-order valence-corrected chi connectivity index (χ1v) is 8.35. The molecule has 1 aromatic carbocycles. The van der Waals surface area contributed by atoms with Gasteiger partial charge in [-0.3, -0.25) is 4.79 Å². The monoisotopic (exact) mass is 311 g/mol. The number of carbonyl (C=O) groups excluding carboxylic acids is 1. The van der Waals surface area contributed by atoms with Crippen LogP contribution in [0.5, 0.6) is 0 Å². The summed E-state index contributed by atoms with van der Waals surface area (Å²) in [4.78, 5) is 12.5. The summed E-state index contributed by atoms with van der Waals surface area (Å²) in [6.07, 6.45) is 3.97. The van der Waals surface area contributed by atoms with Gasteiger partial charge in [0.2, 0.25) is 5.91 Å². The van der Waals surface area contributed by atoms with Crippen molar-refractivity contribution in [3.05, 3.63) is 42.1 Å². The van der Waals surface area contributed by atoms with Crippen molar-refractivity contribution < 1.29 is 9.53 Å². The van der Waals surface area contributed by atoms with Crippen molar-refractivity contribution in [2.45, 2.75) is 31.6 Å². The molecule has 2 aliphatic rings. The van der Waals surface area contributed by atoms with Gasteiger partial charge in [-0.25, -0.2) is 4.68 Å². The molecule has 0 radical (unpaired) electrons. The minimum atomic E-state index is 0.0345. The number of aromatic nitrogens is 2. The molecule has 2 heterocycles. The van der Waals surface area contributed by atoms with Crippen LogP contribution in [-0.4, -0.2) is 28.9 Å². The van der Waals surface area contributed by atoms with E-state index in [1.807, 2.05) is 41.1 Å². The van der Waals surface area contributed by atoms with E-state index in [1.54, 1.807) is 0 Å². The van der Waals surface area contributed by atoms with E-state index in [4.69, 9.17) is 9.84 Å². The standard InChI is InChI=1S/C18H21N3O2/c22-18(14-8-10-23-11-9-14)19-17-12-16(13-6-7-13)20-21(17)15-4-2-1-3-5-15/h1-5,12-14H,6-11H2,(H,19,22). The molecule has 1 saturated heterocycles. The molecule has 4 rings (SSSR count). The fraction of sp³-hybridized carbons (Fsp3) is 0.444. The van der Waals surface area contributed by atoms with Gasteiger partial charge in [-0.2, -0.15) is 5.10 Å². The summed E-state index contributed by atoms with van der Waals surface area (Å²) in [5, 5.41) is 7.81. The highest BCUT2D eigenvalue weighted by molar-refractivity contribution is 5.92. The maximum Gasteiger partial charge on any atom is 0.228 e. The molecule has 0 spiro atoms. The van der Waals surface area contributed by atoms with Crippen LogP contribution in [0.1, 0.15) is 37.3 Å². The Kier molecular flexibility index (Phi) is 3.87. The highest BCUT2D eigenvalue weighted by Gasteiger charge is 2.29. The van der Waals surface area contributed by atoms with E-state index in [-0.39, 0.29) is 11.8 Å². The molecule has 1 N–H and O–H groups in total. The Hall–Kier alpha value is -2.14. The van der Waals surface area contributed by atoms with Gasteiger partial charge in [-0.05, 0) is 37.8 Å². The molecule has 0 unspecified atom stereocenters. The summed E-state index contributed by atoms with van der Waals surface area (Å²) < 4.78 is 7.19. The normalized spacial score (nSPS) is 18.8. The molecular formula is C18H21N3O2. The van der Waals surface area contributed by atoms with Crippen LogP contribution in [0.25, 0.3) is 5.69 Å². The van der Waals surface area contributed by atoms with Crippen molar-refractivity contribution in [2.75, 3.05) is 18.5 Å². The molecule has 120 valence electrons. The number of para-hydroxylation sites is 1. The van der Waals surface area contributed by atoms with Crippen molar-refractivity contribution in [3.8, 4) is 5.69 Å². The van der Waals surface area contributed by atoms with Gasteiger partial charge >= 0.3 is 0 Å². The van der Waals surface area contributed by atoms with Crippen LogP contribution in [-0.2, 0) is 9.53 Å². The fourth-order valence-corrected chi connectivity index (χ4v) is 3.02. The summed E-state index contributed by atoms with van der Waals surface area (Å²) in [5.41, 5.74) is 2.05. The zero-order valence-corrected chi connectivity index (χ0v) is 13.1. The third kappa shape index (κ3) is 3.15. The van der Waals surface area contributed by atoms with Gasteiger partial charge in [0.25, 0.3) is 0 Å². The van der Waals surface area contributed by atoms with E-state index < -0.39 is 0 Å². The zero-order valence-electron chi connectivity index (χ0n) is 13.1. The molecule has 1 aliphatic heterocycles. The first kappa shape index (κ1) is 14.5. The topological polar surface area (TPSA) is 56.2 Å². The fourth-order valence-electron chi connectivity index (χ4n) is 3.02. The lowest BCUT2D eigenvalue weighted by Gasteiger charge is -2.21. The number of benzene rings is 1.